The molecule has 0 bridgehead atoms. The number of amides is 2. The Hall–Kier alpha value is -2.24. The first-order chi connectivity index (χ1) is 9.56. The summed E-state index contributed by atoms with van der Waals surface area (Å²) in [4.78, 5) is 23.3. The van der Waals surface area contributed by atoms with Crippen molar-refractivity contribution in [1.82, 2.24) is 10.6 Å². The van der Waals surface area contributed by atoms with E-state index < -0.39 is 0 Å². The second kappa shape index (κ2) is 6.27. The minimum atomic E-state index is -0.346. The second-order valence-electron chi connectivity index (χ2n) is 4.97. The minimum absolute atomic E-state index is 0.00633. The van der Waals surface area contributed by atoms with E-state index in [9.17, 15) is 14.7 Å². The minimum Gasteiger partial charge on any atom is -0.508 e. The van der Waals surface area contributed by atoms with Crippen molar-refractivity contribution in [2.45, 2.75) is 31.7 Å². The zero-order valence-electron chi connectivity index (χ0n) is 11.2. The van der Waals surface area contributed by atoms with Crippen molar-refractivity contribution >= 4 is 17.5 Å². The number of aromatic hydroxyl groups is 1. The van der Waals surface area contributed by atoms with Gasteiger partial charge in [-0.15, -0.1) is 0 Å². The molecule has 20 heavy (non-hydrogen) atoms. The van der Waals surface area contributed by atoms with E-state index in [1.807, 2.05) is 0 Å². The molecule has 1 aromatic rings. The van der Waals surface area contributed by atoms with Crippen molar-refractivity contribution in [2.24, 2.45) is 0 Å². The van der Waals surface area contributed by atoms with Crippen LogP contribution in [0.2, 0.25) is 0 Å². The molecule has 5 N–H and O–H groups in total. The highest BCUT2D eigenvalue weighted by Gasteiger charge is 2.22. The number of anilines is 1. The molecular weight excluding hydrogens is 258 g/mol. The maximum Gasteiger partial charge on any atom is 0.253 e. The van der Waals surface area contributed by atoms with Crippen molar-refractivity contribution in [3.8, 4) is 5.75 Å². The number of carbonyl (C=O) groups is 2. The summed E-state index contributed by atoms with van der Waals surface area (Å²) in [6.45, 7) is 0.395. The van der Waals surface area contributed by atoms with Crippen LogP contribution in [0.1, 0.15) is 36.0 Å². The lowest BCUT2D eigenvalue weighted by atomic mass is 10.1. The van der Waals surface area contributed by atoms with Crippen LogP contribution >= 0.6 is 0 Å². The Morgan fingerprint density at radius 3 is 2.80 bits per heavy atom. The molecule has 0 radical (unpaired) electrons. The van der Waals surface area contributed by atoms with Crippen molar-refractivity contribution in [3.63, 3.8) is 0 Å². The number of nitrogens with two attached hydrogens (primary N) is 1. The van der Waals surface area contributed by atoms with E-state index in [2.05, 4.69) is 10.6 Å². The lowest BCUT2D eigenvalue weighted by molar-refractivity contribution is -0.121. The summed E-state index contributed by atoms with van der Waals surface area (Å²) in [5.74, 6) is -0.326. The monoisotopic (exact) mass is 277 g/mol. The molecule has 0 aliphatic heterocycles. The Bertz CT molecular complexity index is 512. The molecule has 6 heteroatoms. The van der Waals surface area contributed by atoms with Gasteiger partial charge in [0.25, 0.3) is 5.91 Å². The van der Waals surface area contributed by atoms with Gasteiger partial charge >= 0.3 is 0 Å². The summed E-state index contributed by atoms with van der Waals surface area (Å²) in [5.41, 5.74) is 6.22. The summed E-state index contributed by atoms with van der Waals surface area (Å²) < 4.78 is 0. The van der Waals surface area contributed by atoms with E-state index in [0.29, 0.717) is 31.1 Å². The zero-order chi connectivity index (χ0) is 14.5. The van der Waals surface area contributed by atoms with Crippen LogP contribution in [-0.2, 0) is 4.79 Å². The van der Waals surface area contributed by atoms with Gasteiger partial charge in [0, 0.05) is 24.7 Å². The molecule has 1 aliphatic carbocycles. The Kier molecular flexibility index (Phi) is 4.45. The third-order valence-electron chi connectivity index (χ3n) is 3.09. The largest absolute Gasteiger partial charge is 0.508 e. The fourth-order valence-electron chi connectivity index (χ4n) is 1.81. The van der Waals surface area contributed by atoms with Gasteiger partial charge < -0.3 is 21.5 Å². The molecule has 0 saturated heterocycles. The van der Waals surface area contributed by atoms with Gasteiger partial charge in [-0.05, 0) is 37.5 Å². The number of carbonyl (C=O) groups excluding carboxylic acids is 2. The fourth-order valence-corrected chi connectivity index (χ4v) is 1.81. The zero-order valence-corrected chi connectivity index (χ0v) is 11.2. The van der Waals surface area contributed by atoms with E-state index in [1.165, 1.54) is 18.2 Å². The van der Waals surface area contributed by atoms with Crippen molar-refractivity contribution in [1.29, 1.82) is 0 Å². The molecule has 2 amide bonds. The predicted molar refractivity (Wildman–Crippen MR) is 75.3 cm³/mol. The molecule has 0 unspecified atom stereocenters. The Morgan fingerprint density at radius 2 is 2.10 bits per heavy atom. The number of nitrogens with one attached hydrogen (secondary N) is 2. The normalized spacial score (nSPS) is 13.8. The smallest absolute Gasteiger partial charge is 0.253 e. The van der Waals surface area contributed by atoms with Gasteiger partial charge in [0.15, 0.2) is 0 Å². The van der Waals surface area contributed by atoms with Gasteiger partial charge in [-0.25, -0.2) is 0 Å². The van der Waals surface area contributed by atoms with Crippen molar-refractivity contribution in [2.75, 3.05) is 12.3 Å². The first kappa shape index (κ1) is 14.2. The first-order valence-corrected chi connectivity index (χ1v) is 6.72. The van der Waals surface area contributed by atoms with Gasteiger partial charge in [-0.2, -0.15) is 0 Å². The van der Waals surface area contributed by atoms with Gasteiger partial charge in [-0.1, -0.05) is 0 Å². The lowest BCUT2D eigenvalue weighted by Crippen LogP contribution is -2.28. The first-order valence-electron chi connectivity index (χ1n) is 6.72. The van der Waals surface area contributed by atoms with Crippen LogP contribution in [0.3, 0.4) is 0 Å². The van der Waals surface area contributed by atoms with Crippen molar-refractivity contribution in [3.05, 3.63) is 23.8 Å². The number of hydrogen-bond donors (Lipinski definition) is 4. The number of phenols is 1. The van der Waals surface area contributed by atoms with E-state index in [4.69, 9.17) is 5.73 Å². The molecule has 0 aromatic heterocycles. The number of hydrogen-bond acceptors (Lipinski definition) is 4. The highest BCUT2D eigenvalue weighted by atomic mass is 16.3. The Balaban J connectivity index is 1.71. The van der Waals surface area contributed by atoms with Crippen LogP contribution < -0.4 is 16.4 Å². The van der Waals surface area contributed by atoms with E-state index in [0.717, 1.165) is 12.8 Å². The van der Waals surface area contributed by atoms with E-state index >= 15 is 0 Å². The lowest BCUT2D eigenvalue weighted by Gasteiger charge is -2.08. The molecule has 0 spiro atoms. The molecule has 6 nitrogen and oxygen atoms in total. The van der Waals surface area contributed by atoms with Crippen LogP contribution in [0.5, 0.6) is 5.75 Å². The quantitative estimate of drug-likeness (QED) is 0.350. The molecule has 1 aromatic carbocycles. The van der Waals surface area contributed by atoms with Gasteiger partial charge in [-0.3, -0.25) is 9.59 Å². The molecule has 0 atom stereocenters. The maximum absolute atomic E-state index is 11.8. The summed E-state index contributed by atoms with van der Waals surface area (Å²) in [7, 11) is 0. The number of benzene rings is 1. The summed E-state index contributed by atoms with van der Waals surface area (Å²) in [6, 6.07) is 4.59. The summed E-state index contributed by atoms with van der Waals surface area (Å²) in [6.07, 6.45) is 3.10. The van der Waals surface area contributed by atoms with Gasteiger partial charge in [0.1, 0.15) is 5.75 Å². The standard InChI is InChI=1S/C14H19N3O3/c15-12-6-5-10(18)8-11(12)14(20)16-7-1-2-13(19)17-9-3-4-9/h5-6,8-9,18H,1-4,7,15H2,(H,16,20)(H,17,19). The molecule has 1 fully saturated rings. The molecule has 1 saturated carbocycles. The number of phenolic OH excluding ortho intramolecular Hbond substituents is 1. The summed E-state index contributed by atoms with van der Waals surface area (Å²) in [5, 5.41) is 14.9. The number of nitrogen functional groups attached to an aromatic ring is 1. The van der Waals surface area contributed by atoms with Gasteiger partial charge in [0.05, 0.1) is 5.56 Å². The second-order valence-corrected chi connectivity index (χ2v) is 4.97. The Morgan fingerprint density at radius 1 is 1.35 bits per heavy atom. The number of rotatable bonds is 6. The van der Waals surface area contributed by atoms with Crippen LogP contribution in [0.15, 0.2) is 18.2 Å². The molecule has 0 heterocycles. The average molecular weight is 277 g/mol. The van der Waals surface area contributed by atoms with Crippen LogP contribution in [0, 0.1) is 0 Å². The third kappa shape index (κ3) is 4.15. The highest BCUT2D eigenvalue weighted by molar-refractivity contribution is 5.99. The summed E-state index contributed by atoms with van der Waals surface area (Å²) >= 11 is 0. The van der Waals surface area contributed by atoms with E-state index in [1.54, 1.807) is 0 Å². The van der Waals surface area contributed by atoms with Gasteiger partial charge in [0.2, 0.25) is 5.91 Å². The van der Waals surface area contributed by atoms with Crippen LogP contribution in [0.25, 0.3) is 0 Å². The van der Waals surface area contributed by atoms with Crippen molar-refractivity contribution < 1.29 is 14.7 Å². The fraction of sp³-hybridized carbons (Fsp3) is 0.429. The molecular formula is C14H19N3O3. The topological polar surface area (TPSA) is 104 Å². The highest BCUT2D eigenvalue weighted by Crippen LogP contribution is 2.19. The molecule has 2 rings (SSSR count). The van der Waals surface area contributed by atoms with Crippen LogP contribution in [-0.4, -0.2) is 29.5 Å². The third-order valence-corrected chi connectivity index (χ3v) is 3.09. The SMILES string of the molecule is Nc1ccc(O)cc1C(=O)NCCCC(=O)NC1CC1. The van der Waals surface area contributed by atoms with E-state index in [-0.39, 0.29) is 23.1 Å². The Labute approximate surface area is 117 Å². The molecule has 108 valence electrons. The van der Waals surface area contributed by atoms with Crippen LogP contribution in [0.4, 0.5) is 5.69 Å². The maximum atomic E-state index is 11.8. The average Bonchev–Trinajstić information content (AvgIpc) is 3.21. The molecule has 1 aliphatic rings. The predicted octanol–water partition coefficient (Wildman–Crippen LogP) is 0.763.